The lowest BCUT2D eigenvalue weighted by molar-refractivity contribution is -0.121. The number of nitrogens with zero attached hydrogens (tertiary/aromatic N) is 3. The van der Waals surface area contributed by atoms with Crippen molar-refractivity contribution < 1.29 is 4.79 Å². The van der Waals surface area contributed by atoms with Gasteiger partial charge in [-0.05, 0) is 33.6 Å². The van der Waals surface area contributed by atoms with E-state index < -0.39 is 0 Å². The van der Waals surface area contributed by atoms with E-state index in [2.05, 4.69) is 22.2 Å². The summed E-state index contributed by atoms with van der Waals surface area (Å²) in [5.74, 6) is 0.994. The third-order valence-corrected chi connectivity index (χ3v) is 4.88. The second-order valence-electron chi connectivity index (χ2n) is 5.58. The van der Waals surface area contributed by atoms with Crippen molar-refractivity contribution >= 4 is 17.2 Å². The van der Waals surface area contributed by atoms with Crippen molar-refractivity contribution in [2.24, 2.45) is 0 Å². The summed E-state index contributed by atoms with van der Waals surface area (Å²) >= 11 is 1.70. The summed E-state index contributed by atoms with van der Waals surface area (Å²) in [7, 11) is 0. The number of imidazole rings is 1. The Hall–Kier alpha value is -1.69. The van der Waals surface area contributed by atoms with Crippen molar-refractivity contribution in [1.82, 2.24) is 19.9 Å². The predicted octanol–water partition coefficient (Wildman–Crippen LogP) is 3.18. The van der Waals surface area contributed by atoms with Crippen LogP contribution in [-0.4, -0.2) is 20.4 Å². The SMILES string of the molecule is CCCc1nc(C)c(CNC(=O)CC(C)n2ccnc2C)s1. The number of carbonyl (C=O) groups is 1. The Balaban J connectivity index is 1.86. The third kappa shape index (κ3) is 4.16. The van der Waals surface area contributed by atoms with E-state index >= 15 is 0 Å². The fourth-order valence-electron chi connectivity index (χ4n) is 2.44. The Morgan fingerprint density at radius 1 is 1.45 bits per heavy atom. The van der Waals surface area contributed by atoms with Gasteiger partial charge in [0.1, 0.15) is 5.82 Å². The van der Waals surface area contributed by atoms with E-state index in [-0.39, 0.29) is 11.9 Å². The van der Waals surface area contributed by atoms with Crippen LogP contribution >= 0.6 is 11.3 Å². The van der Waals surface area contributed by atoms with Crippen LogP contribution in [0.1, 0.15) is 54.1 Å². The highest BCUT2D eigenvalue weighted by atomic mass is 32.1. The van der Waals surface area contributed by atoms with E-state index in [1.165, 1.54) is 0 Å². The minimum Gasteiger partial charge on any atom is -0.351 e. The number of aryl methyl sites for hydroxylation is 3. The summed E-state index contributed by atoms with van der Waals surface area (Å²) in [5.41, 5.74) is 1.03. The van der Waals surface area contributed by atoms with Gasteiger partial charge in [0.25, 0.3) is 0 Å². The molecule has 6 heteroatoms. The molecule has 2 aromatic rings. The molecule has 5 nitrogen and oxygen atoms in total. The van der Waals surface area contributed by atoms with Gasteiger partial charge >= 0.3 is 0 Å². The number of thiazole rings is 1. The molecule has 0 saturated carbocycles. The predicted molar refractivity (Wildman–Crippen MR) is 89.0 cm³/mol. The largest absolute Gasteiger partial charge is 0.351 e. The van der Waals surface area contributed by atoms with Crippen molar-refractivity contribution in [3.8, 4) is 0 Å². The zero-order valence-electron chi connectivity index (χ0n) is 13.7. The molecule has 0 aliphatic carbocycles. The van der Waals surface area contributed by atoms with Gasteiger partial charge in [-0.1, -0.05) is 6.92 Å². The first-order valence-electron chi connectivity index (χ1n) is 7.72. The molecule has 0 bridgehead atoms. The van der Waals surface area contributed by atoms with Gasteiger partial charge in [0, 0.05) is 29.7 Å². The maximum Gasteiger partial charge on any atom is 0.222 e. The van der Waals surface area contributed by atoms with Crippen LogP contribution in [0.4, 0.5) is 0 Å². The van der Waals surface area contributed by atoms with Gasteiger partial charge in [-0.15, -0.1) is 11.3 Å². The van der Waals surface area contributed by atoms with Crippen LogP contribution < -0.4 is 5.32 Å². The van der Waals surface area contributed by atoms with Gasteiger partial charge in [-0.3, -0.25) is 4.79 Å². The topological polar surface area (TPSA) is 59.8 Å². The van der Waals surface area contributed by atoms with Crippen molar-refractivity contribution in [1.29, 1.82) is 0 Å². The first kappa shape index (κ1) is 16.7. The van der Waals surface area contributed by atoms with E-state index in [1.807, 2.05) is 31.5 Å². The molecule has 0 radical (unpaired) electrons. The average molecular weight is 320 g/mol. The Morgan fingerprint density at radius 3 is 2.86 bits per heavy atom. The van der Waals surface area contributed by atoms with Crippen LogP contribution in [-0.2, 0) is 17.8 Å². The van der Waals surface area contributed by atoms with Crippen molar-refractivity contribution in [2.75, 3.05) is 0 Å². The molecule has 22 heavy (non-hydrogen) atoms. The second kappa shape index (κ2) is 7.54. The molecule has 1 unspecified atom stereocenters. The normalized spacial score (nSPS) is 12.4. The number of nitrogens with one attached hydrogen (secondary N) is 1. The molecule has 1 atom stereocenters. The number of rotatable bonds is 7. The van der Waals surface area contributed by atoms with E-state index in [0.717, 1.165) is 34.2 Å². The number of amides is 1. The maximum atomic E-state index is 12.1. The second-order valence-corrected chi connectivity index (χ2v) is 6.75. The summed E-state index contributed by atoms with van der Waals surface area (Å²) in [6.45, 7) is 8.71. The standard InChI is InChI=1S/C16H24N4OS/c1-5-6-16-19-12(3)14(22-16)10-18-15(21)9-11(2)20-8-7-17-13(20)4/h7-8,11H,5-6,9-10H2,1-4H3,(H,18,21). The van der Waals surface area contributed by atoms with Gasteiger partial charge in [0.05, 0.1) is 17.2 Å². The Kier molecular flexibility index (Phi) is 5.71. The van der Waals surface area contributed by atoms with E-state index in [9.17, 15) is 4.79 Å². The molecule has 0 fully saturated rings. The van der Waals surface area contributed by atoms with E-state index in [0.29, 0.717) is 13.0 Å². The fraction of sp³-hybridized carbons (Fsp3) is 0.562. The zero-order valence-corrected chi connectivity index (χ0v) is 14.5. The smallest absolute Gasteiger partial charge is 0.222 e. The van der Waals surface area contributed by atoms with Gasteiger partial charge < -0.3 is 9.88 Å². The lowest BCUT2D eigenvalue weighted by atomic mass is 10.2. The molecule has 2 aromatic heterocycles. The molecule has 2 heterocycles. The summed E-state index contributed by atoms with van der Waals surface area (Å²) in [6, 6.07) is 0.112. The Bertz CT molecular complexity index is 632. The quantitative estimate of drug-likeness (QED) is 0.852. The molecular weight excluding hydrogens is 296 g/mol. The fourth-order valence-corrected chi connectivity index (χ4v) is 3.56. The number of hydrogen-bond donors (Lipinski definition) is 1. The first-order chi connectivity index (χ1) is 10.5. The first-order valence-corrected chi connectivity index (χ1v) is 8.54. The Labute approximate surface area is 135 Å². The Morgan fingerprint density at radius 2 is 2.23 bits per heavy atom. The molecule has 0 aromatic carbocycles. The van der Waals surface area contributed by atoms with Crippen LogP contribution in [0.15, 0.2) is 12.4 Å². The van der Waals surface area contributed by atoms with Gasteiger partial charge in [0.2, 0.25) is 5.91 Å². The summed E-state index contributed by atoms with van der Waals surface area (Å²) in [4.78, 5) is 22.0. The average Bonchev–Trinajstić information content (AvgIpc) is 3.03. The van der Waals surface area contributed by atoms with E-state index in [1.54, 1.807) is 17.5 Å². The molecule has 0 aliphatic rings. The monoisotopic (exact) mass is 320 g/mol. The molecule has 0 aliphatic heterocycles. The molecular formula is C16H24N4OS. The van der Waals surface area contributed by atoms with Crippen LogP contribution in [0, 0.1) is 13.8 Å². The van der Waals surface area contributed by atoms with Crippen LogP contribution in [0.3, 0.4) is 0 Å². The van der Waals surface area contributed by atoms with Gasteiger partial charge in [-0.25, -0.2) is 9.97 Å². The lowest BCUT2D eigenvalue weighted by Crippen LogP contribution is -2.25. The highest BCUT2D eigenvalue weighted by molar-refractivity contribution is 7.11. The van der Waals surface area contributed by atoms with Gasteiger partial charge in [0.15, 0.2) is 0 Å². The molecule has 0 saturated heterocycles. The highest BCUT2D eigenvalue weighted by Gasteiger charge is 2.13. The number of carbonyl (C=O) groups excluding carboxylic acids is 1. The third-order valence-electron chi connectivity index (χ3n) is 3.66. The van der Waals surface area contributed by atoms with Crippen LogP contribution in [0.25, 0.3) is 0 Å². The molecule has 0 spiro atoms. The van der Waals surface area contributed by atoms with Gasteiger partial charge in [-0.2, -0.15) is 0 Å². The molecule has 1 N–H and O–H groups in total. The van der Waals surface area contributed by atoms with Crippen molar-refractivity contribution in [3.63, 3.8) is 0 Å². The van der Waals surface area contributed by atoms with E-state index in [4.69, 9.17) is 0 Å². The molecule has 1 amide bonds. The maximum absolute atomic E-state index is 12.1. The van der Waals surface area contributed by atoms with Crippen molar-refractivity contribution in [2.45, 2.75) is 59.5 Å². The summed E-state index contributed by atoms with van der Waals surface area (Å²) in [6.07, 6.45) is 6.24. The minimum atomic E-state index is 0.0606. The summed E-state index contributed by atoms with van der Waals surface area (Å²) in [5, 5.41) is 4.16. The zero-order chi connectivity index (χ0) is 16.1. The number of hydrogen-bond acceptors (Lipinski definition) is 4. The van der Waals surface area contributed by atoms with Crippen molar-refractivity contribution in [3.05, 3.63) is 33.8 Å². The van der Waals surface area contributed by atoms with Crippen LogP contribution in [0.5, 0.6) is 0 Å². The summed E-state index contributed by atoms with van der Waals surface area (Å²) < 4.78 is 2.02. The lowest BCUT2D eigenvalue weighted by Gasteiger charge is -2.14. The van der Waals surface area contributed by atoms with Crippen LogP contribution in [0.2, 0.25) is 0 Å². The minimum absolute atomic E-state index is 0.0606. The number of aromatic nitrogens is 3. The molecule has 120 valence electrons. The molecule has 2 rings (SSSR count). The highest BCUT2D eigenvalue weighted by Crippen LogP contribution is 2.19.